The highest BCUT2D eigenvalue weighted by molar-refractivity contribution is 9.10. The molecular formula is C18H17BrClF3N2O. The molecule has 1 fully saturated rings. The van der Waals surface area contributed by atoms with Crippen LogP contribution in [-0.4, -0.2) is 37.4 Å². The Morgan fingerprint density at radius 1 is 1.08 bits per heavy atom. The van der Waals surface area contributed by atoms with Gasteiger partial charge >= 0.3 is 6.36 Å². The SMILES string of the molecule is FC(F)(F)Oc1ccc([C@H](c2cc(Cl)ccc2Br)N2CCNCC2)cc1. The van der Waals surface area contributed by atoms with Crippen LogP contribution in [0, 0.1) is 0 Å². The van der Waals surface area contributed by atoms with Gasteiger partial charge in [-0.3, -0.25) is 4.90 Å². The van der Waals surface area contributed by atoms with Crippen molar-refractivity contribution in [1.82, 2.24) is 10.2 Å². The van der Waals surface area contributed by atoms with Gasteiger partial charge in [-0.1, -0.05) is 39.7 Å². The minimum Gasteiger partial charge on any atom is -0.406 e. The number of nitrogens with one attached hydrogen (secondary N) is 1. The van der Waals surface area contributed by atoms with Crippen LogP contribution in [0.1, 0.15) is 17.2 Å². The summed E-state index contributed by atoms with van der Waals surface area (Å²) in [6.07, 6.45) is -4.70. The van der Waals surface area contributed by atoms with Crippen molar-refractivity contribution in [3.05, 3.63) is 63.1 Å². The minimum absolute atomic E-state index is 0.120. The van der Waals surface area contributed by atoms with Crippen molar-refractivity contribution in [3.63, 3.8) is 0 Å². The van der Waals surface area contributed by atoms with E-state index in [2.05, 4.69) is 30.9 Å². The lowest BCUT2D eigenvalue weighted by atomic mass is 9.96. The van der Waals surface area contributed by atoms with Crippen LogP contribution in [0.3, 0.4) is 0 Å². The predicted molar refractivity (Wildman–Crippen MR) is 98.6 cm³/mol. The molecule has 26 heavy (non-hydrogen) atoms. The molecule has 1 atom stereocenters. The van der Waals surface area contributed by atoms with Crippen molar-refractivity contribution >= 4 is 27.5 Å². The van der Waals surface area contributed by atoms with Gasteiger partial charge in [-0.05, 0) is 41.5 Å². The molecule has 1 heterocycles. The van der Waals surface area contributed by atoms with Crippen LogP contribution < -0.4 is 10.1 Å². The Morgan fingerprint density at radius 2 is 1.73 bits per heavy atom. The van der Waals surface area contributed by atoms with Crippen molar-refractivity contribution in [2.45, 2.75) is 12.4 Å². The highest BCUT2D eigenvalue weighted by Crippen LogP contribution is 2.36. The smallest absolute Gasteiger partial charge is 0.406 e. The van der Waals surface area contributed by atoms with Gasteiger partial charge in [-0.25, -0.2) is 0 Å². The molecule has 140 valence electrons. The number of nitrogens with zero attached hydrogens (tertiary/aromatic N) is 1. The third kappa shape index (κ3) is 4.91. The Hall–Kier alpha value is -1.28. The number of ether oxygens (including phenoxy) is 1. The van der Waals surface area contributed by atoms with Crippen molar-refractivity contribution in [2.75, 3.05) is 26.2 Å². The van der Waals surface area contributed by atoms with Crippen molar-refractivity contribution in [1.29, 1.82) is 0 Å². The lowest BCUT2D eigenvalue weighted by Crippen LogP contribution is -2.45. The van der Waals surface area contributed by atoms with Gasteiger partial charge in [-0.15, -0.1) is 13.2 Å². The van der Waals surface area contributed by atoms with E-state index in [4.69, 9.17) is 11.6 Å². The molecule has 0 aliphatic carbocycles. The number of rotatable bonds is 4. The standard InChI is InChI=1S/C18H17BrClF3N2O/c19-16-6-3-13(20)11-15(16)17(25-9-7-24-8-10-25)12-1-4-14(5-2-12)26-18(21,22)23/h1-6,11,17,24H,7-10H2/t17-/m1/s1. The molecule has 0 amide bonds. The second-order valence-corrected chi connectivity index (χ2v) is 7.26. The minimum atomic E-state index is -4.70. The summed E-state index contributed by atoms with van der Waals surface area (Å²) < 4.78 is 42.1. The molecule has 1 aliphatic heterocycles. The highest BCUT2D eigenvalue weighted by Gasteiger charge is 2.31. The van der Waals surface area contributed by atoms with Crippen LogP contribution in [0.5, 0.6) is 5.75 Å². The van der Waals surface area contributed by atoms with Gasteiger partial charge < -0.3 is 10.1 Å². The topological polar surface area (TPSA) is 24.5 Å². The maximum atomic E-state index is 12.4. The Balaban J connectivity index is 1.96. The Bertz CT molecular complexity index is 749. The van der Waals surface area contributed by atoms with E-state index in [-0.39, 0.29) is 11.8 Å². The molecule has 8 heteroatoms. The first-order chi connectivity index (χ1) is 12.3. The van der Waals surface area contributed by atoms with E-state index in [9.17, 15) is 13.2 Å². The van der Waals surface area contributed by atoms with Gasteiger partial charge in [-0.2, -0.15) is 0 Å². The van der Waals surface area contributed by atoms with E-state index in [1.807, 2.05) is 12.1 Å². The van der Waals surface area contributed by atoms with Crippen LogP contribution in [0.25, 0.3) is 0 Å². The normalized spacial score (nSPS) is 17.1. The molecule has 0 saturated carbocycles. The third-order valence-corrected chi connectivity index (χ3v) is 5.16. The summed E-state index contributed by atoms with van der Waals surface area (Å²) in [5.41, 5.74) is 1.85. The maximum Gasteiger partial charge on any atom is 0.573 e. The maximum absolute atomic E-state index is 12.4. The largest absolute Gasteiger partial charge is 0.573 e. The zero-order valence-electron chi connectivity index (χ0n) is 13.7. The van der Waals surface area contributed by atoms with Crippen molar-refractivity contribution < 1.29 is 17.9 Å². The number of alkyl halides is 3. The fraction of sp³-hybridized carbons (Fsp3) is 0.333. The summed E-state index contributed by atoms with van der Waals surface area (Å²) in [6, 6.07) is 11.5. The molecule has 2 aromatic carbocycles. The van der Waals surface area contributed by atoms with Gasteiger partial charge in [0.05, 0.1) is 6.04 Å². The van der Waals surface area contributed by atoms with E-state index < -0.39 is 6.36 Å². The summed E-state index contributed by atoms with van der Waals surface area (Å²) in [4.78, 5) is 2.28. The van der Waals surface area contributed by atoms with E-state index in [1.165, 1.54) is 12.1 Å². The third-order valence-electron chi connectivity index (χ3n) is 4.20. The van der Waals surface area contributed by atoms with Crippen LogP contribution in [0.2, 0.25) is 5.02 Å². The van der Waals surface area contributed by atoms with Gasteiger partial charge in [0.25, 0.3) is 0 Å². The molecule has 3 rings (SSSR count). The molecule has 0 aromatic heterocycles. The molecule has 0 unspecified atom stereocenters. The second kappa shape index (κ2) is 8.17. The van der Waals surface area contributed by atoms with Gasteiger partial charge in [0.1, 0.15) is 5.75 Å². The van der Waals surface area contributed by atoms with Gasteiger partial charge in [0.2, 0.25) is 0 Å². The first kappa shape index (κ1) is 19.5. The quantitative estimate of drug-likeness (QED) is 0.711. The molecule has 1 N–H and O–H groups in total. The molecular weight excluding hydrogens is 433 g/mol. The summed E-state index contributed by atoms with van der Waals surface area (Å²) in [6.45, 7) is 3.35. The first-order valence-electron chi connectivity index (χ1n) is 8.09. The van der Waals surface area contributed by atoms with Gasteiger partial charge in [0, 0.05) is 35.7 Å². The molecule has 1 saturated heterocycles. The predicted octanol–water partition coefficient (Wildman–Crippen LogP) is 5.00. The monoisotopic (exact) mass is 448 g/mol. The number of piperazine rings is 1. The molecule has 0 radical (unpaired) electrons. The molecule has 0 spiro atoms. The summed E-state index contributed by atoms with van der Waals surface area (Å²) in [7, 11) is 0. The summed E-state index contributed by atoms with van der Waals surface area (Å²) in [5, 5.41) is 3.92. The van der Waals surface area contributed by atoms with Crippen LogP contribution in [0.4, 0.5) is 13.2 Å². The Morgan fingerprint density at radius 3 is 2.35 bits per heavy atom. The lowest BCUT2D eigenvalue weighted by Gasteiger charge is -2.36. The molecule has 0 bridgehead atoms. The zero-order valence-corrected chi connectivity index (χ0v) is 16.0. The second-order valence-electron chi connectivity index (χ2n) is 5.97. The fourth-order valence-electron chi connectivity index (χ4n) is 3.10. The van der Waals surface area contributed by atoms with Crippen LogP contribution in [-0.2, 0) is 0 Å². The van der Waals surface area contributed by atoms with Crippen LogP contribution >= 0.6 is 27.5 Å². The van der Waals surface area contributed by atoms with Crippen molar-refractivity contribution in [3.8, 4) is 5.75 Å². The molecule has 2 aromatic rings. The van der Waals surface area contributed by atoms with Crippen LogP contribution in [0.15, 0.2) is 46.9 Å². The van der Waals surface area contributed by atoms with Gasteiger partial charge in [0.15, 0.2) is 0 Å². The zero-order chi connectivity index (χ0) is 18.7. The average Bonchev–Trinajstić information content (AvgIpc) is 2.59. The van der Waals surface area contributed by atoms with E-state index in [0.29, 0.717) is 5.02 Å². The highest BCUT2D eigenvalue weighted by atomic mass is 79.9. The summed E-state index contributed by atoms with van der Waals surface area (Å²) in [5.74, 6) is -0.231. The first-order valence-corrected chi connectivity index (χ1v) is 9.26. The number of benzene rings is 2. The van der Waals surface area contributed by atoms with Crippen molar-refractivity contribution in [2.24, 2.45) is 0 Å². The van der Waals surface area contributed by atoms with E-state index >= 15 is 0 Å². The van der Waals surface area contributed by atoms with E-state index in [0.717, 1.165) is 41.8 Å². The van der Waals surface area contributed by atoms with E-state index in [1.54, 1.807) is 18.2 Å². The fourth-order valence-corrected chi connectivity index (χ4v) is 3.75. The average molecular weight is 450 g/mol. The summed E-state index contributed by atoms with van der Waals surface area (Å²) >= 11 is 9.76. The lowest BCUT2D eigenvalue weighted by molar-refractivity contribution is -0.274. The molecule has 3 nitrogen and oxygen atoms in total. The molecule has 1 aliphatic rings. The number of halogens is 5. The Labute approximate surface area is 163 Å². The number of hydrogen-bond donors (Lipinski definition) is 1. The number of hydrogen-bond acceptors (Lipinski definition) is 3. The Kier molecular flexibility index (Phi) is 6.12.